The van der Waals surface area contributed by atoms with Gasteiger partial charge < -0.3 is 9.80 Å². The third-order valence-electron chi connectivity index (χ3n) is 4.69. The number of rotatable bonds is 7. The van der Waals surface area contributed by atoms with Crippen molar-refractivity contribution in [2.75, 3.05) is 6.54 Å². The van der Waals surface area contributed by atoms with Crippen molar-refractivity contribution in [3.63, 3.8) is 0 Å². The summed E-state index contributed by atoms with van der Waals surface area (Å²) in [5, 5.41) is 2.03. The average Bonchev–Trinajstić information content (AvgIpc) is 3.34. The number of amides is 2. The summed E-state index contributed by atoms with van der Waals surface area (Å²) in [4.78, 5) is 30.8. The van der Waals surface area contributed by atoms with E-state index in [1.807, 2.05) is 67.4 Å². The number of nitrogens with zero attached hydrogens (tertiary/aromatic N) is 2. The minimum atomic E-state index is -0.471. The second-order valence-corrected chi connectivity index (χ2v) is 9.26. The van der Waals surface area contributed by atoms with Gasteiger partial charge in [-0.05, 0) is 29.9 Å². The SMILES string of the molecule is CC(C)(C)C(=O)N(CC(=O)N(Cc1ccccc1)Cc1cccs1)C1CC1. The molecule has 0 radical (unpaired) electrons. The first-order valence-corrected chi connectivity index (χ1v) is 10.4. The highest BCUT2D eigenvalue weighted by atomic mass is 32.1. The van der Waals surface area contributed by atoms with Crippen molar-refractivity contribution in [2.45, 2.75) is 52.7 Å². The molecule has 1 heterocycles. The Labute approximate surface area is 165 Å². The fraction of sp³-hybridized carbons (Fsp3) is 0.455. The Balaban J connectivity index is 1.75. The molecule has 0 bridgehead atoms. The largest absolute Gasteiger partial charge is 0.332 e. The van der Waals surface area contributed by atoms with E-state index in [4.69, 9.17) is 0 Å². The van der Waals surface area contributed by atoms with Gasteiger partial charge in [0.25, 0.3) is 0 Å². The number of carbonyl (C=O) groups is 2. The molecule has 2 amide bonds. The highest BCUT2D eigenvalue weighted by Gasteiger charge is 2.39. The van der Waals surface area contributed by atoms with Gasteiger partial charge in [0.2, 0.25) is 11.8 Å². The molecule has 1 aliphatic carbocycles. The Morgan fingerprint density at radius 2 is 1.74 bits per heavy atom. The Bertz CT molecular complexity index is 761. The molecule has 1 aromatic heterocycles. The maximum atomic E-state index is 13.2. The molecule has 1 aromatic carbocycles. The first-order chi connectivity index (χ1) is 12.8. The number of hydrogen-bond donors (Lipinski definition) is 0. The van der Waals surface area contributed by atoms with E-state index in [-0.39, 0.29) is 24.4 Å². The Morgan fingerprint density at radius 3 is 2.30 bits per heavy atom. The molecule has 0 saturated heterocycles. The molecule has 27 heavy (non-hydrogen) atoms. The van der Waals surface area contributed by atoms with Crippen LogP contribution in [0.4, 0.5) is 0 Å². The van der Waals surface area contributed by atoms with Crippen LogP contribution in [0, 0.1) is 5.41 Å². The maximum absolute atomic E-state index is 13.2. The van der Waals surface area contributed by atoms with Gasteiger partial charge in [-0.25, -0.2) is 0 Å². The first kappa shape index (κ1) is 19.6. The predicted molar refractivity (Wildman–Crippen MR) is 109 cm³/mol. The lowest BCUT2D eigenvalue weighted by molar-refractivity contribution is -0.146. The summed E-state index contributed by atoms with van der Waals surface area (Å²) in [6.07, 6.45) is 2.00. The lowest BCUT2D eigenvalue weighted by atomic mass is 9.94. The Kier molecular flexibility index (Phi) is 6.00. The molecule has 1 saturated carbocycles. The molecule has 144 valence electrons. The summed E-state index contributed by atoms with van der Waals surface area (Å²) in [6, 6.07) is 14.3. The van der Waals surface area contributed by atoms with Crippen molar-refractivity contribution >= 4 is 23.2 Å². The highest BCUT2D eigenvalue weighted by molar-refractivity contribution is 7.09. The second-order valence-electron chi connectivity index (χ2n) is 8.23. The smallest absolute Gasteiger partial charge is 0.242 e. The van der Waals surface area contributed by atoms with Crippen molar-refractivity contribution in [1.82, 2.24) is 9.80 Å². The summed E-state index contributed by atoms with van der Waals surface area (Å²) in [5.41, 5.74) is 0.628. The van der Waals surface area contributed by atoms with Crippen LogP contribution in [0.2, 0.25) is 0 Å². The molecule has 0 aliphatic heterocycles. The predicted octanol–water partition coefficient (Wildman–Crippen LogP) is 4.31. The molecule has 3 rings (SSSR count). The monoisotopic (exact) mass is 384 g/mol. The standard InChI is InChI=1S/C22H28N2O2S/c1-22(2,3)21(26)24(18-11-12-18)16-20(25)23(15-19-10-7-13-27-19)14-17-8-5-4-6-9-17/h4-10,13,18H,11-12,14-16H2,1-3H3. The van der Waals surface area contributed by atoms with Gasteiger partial charge in [-0.2, -0.15) is 0 Å². The van der Waals surface area contributed by atoms with Gasteiger partial charge in [0.1, 0.15) is 6.54 Å². The highest BCUT2D eigenvalue weighted by Crippen LogP contribution is 2.31. The molecule has 4 nitrogen and oxygen atoms in total. The topological polar surface area (TPSA) is 40.6 Å². The van der Waals surface area contributed by atoms with Crippen molar-refractivity contribution in [3.8, 4) is 0 Å². The van der Waals surface area contributed by atoms with Crippen LogP contribution >= 0.6 is 11.3 Å². The van der Waals surface area contributed by atoms with Crippen LogP contribution in [0.1, 0.15) is 44.1 Å². The van der Waals surface area contributed by atoms with Crippen molar-refractivity contribution in [2.24, 2.45) is 5.41 Å². The molecule has 1 aliphatic rings. The van der Waals surface area contributed by atoms with Gasteiger partial charge in [-0.15, -0.1) is 11.3 Å². The van der Waals surface area contributed by atoms with Gasteiger partial charge in [0.15, 0.2) is 0 Å². The van der Waals surface area contributed by atoms with E-state index >= 15 is 0 Å². The zero-order valence-electron chi connectivity index (χ0n) is 16.4. The van der Waals surface area contributed by atoms with Crippen LogP contribution < -0.4 is 0 Å². The normalized spacial score (nSPS) is 14.0. The minimum absolute atomic E-state index is 0.0109. The van der Waals surface area contributed by atoms with Crippen molar-refractivity contribution < 1.29 is 9.59 Å². The van der Waals surface area contributed by atoms with E-state index in [9.17, 15) is 9.59 Å². The van der Waals surface area contributed by atoms with E-state index in [0.717, 1.165) is 23.3 Å². The fourth-order valence-corrected chi connectivity index (χ4v) is 3.78. The molecular weight excluding hydrogens is 356 g/mol. The fourth-order valence-electron chi connectivity index (χ4n) is 3.06. The van der Waals surface area contributed by atoms with Gasteiger partial charge in [0, 0.05) is 22.9 Å². The lowest BCUT2D eigenvalue weighted by Crippen LogP contribution is -2.47. The van der Waals surface area contributed by atoms with E-state index in [0.29, 0.717) is 13.1 Å². The van der Waals surface area contributed by atoms with Crippen LogP contribution in [0.25, 0.3) is 0 Å². The molecule has 0 unspecified atom stereocenters. The Hall–Kier alpha value is -2.14. The first-order valence-electron chi connectivity index (χ1n) is 9.50. The van der Waals surface area contributed by atoms with Gasteiger partial charge in [-0.1, -0.05) is 57.2 Å². The van der Waals surface area contributed by atoms with Gasteiger partial charge in [0.05, 0.1) is 6.54 Å². The number of benzene rings is 1. The average molecular weight is 385 g/mol. The van der Waals surface area contributed by atoms with Crippen LogP contribution in [0.15, 0.2) is 47.8 Å². The van der Waals surface area contributed by atoms with Gasteiger partial charge >= 0.3 is 0 Å². The van der Waals surface area contributed by atoms with E-state index in [2.05, 4.69) is 6.07 Å². The van der Waals surface area contributed by atoms with Crippen molar-refractivity contribution in [3.05, 3.63) is 58.3 Å². The third kappa shape index (κ3) is 5.42. The number of thiophene rings is 1. The molecule has 2 aromatic rings. The van der Waals surface area contributed by atoms with Crippen LogP contribution in [0.3, 0.4) is 0 Å². The number of carbonyl (C=O) groups excluding carboxylic acids is 2. The zero-order valence-corrected chi connectivity index (χ0v) is 17.2. The maximum Gasteiger partial charge on any atom is 0.242 e. The lowest BCUT2D eigenvalue weighted by Gasteiger charge is -2.31. The van der Waals surface area contributed by atoms with Crippen LogP contribution in [-0.2, 0) is 22.7 Å². The molecule has 0 N–H and O–H groups in total. The van der Waals surface area contributed by atoms with E-state index in [1.54, 1.807) is 16.2 Å². The molecular formula is C22H28N2O2S. The second kappa shape index (κ2) is 8.26. The zero-order chi connectivity index (χ0) is 19.4. The van der Waals surface area contributed by atoms with E-state index < -0.39 is 5.41 Å². The van der Waals surface area contributed by atoms with Crippen LogP contribution in [0.5, 0.6) is 0 Å². The summed E-state index contributed by atoms with van der Waals surface area (Å²) >= 11 is 1.65. The summed E-state index contributed by atoms with van der Waals surface area (Å²) in [5.74, 6) is 0.0749. The molecule has 0 spiro atoms. The Morgan fingerprint density at radius 1 is 1.04 bits per heavy atom. The molecule has 0 atom stereocenters. The summed E-state index contributed by atoms with van der Waals surface area (Å²) < 4.78 is 0. The van der Waals surface area contributed by atoms with Crippen LogP contribution in [-0.4, -0.2) is 34.2 Å². The van der Waals surface area contributed by atoms with Gasteiger partial charge in [-0.3, -0.25) is 9.59 Å². The van der Waals surface area contributed by atoms with Crippen molar-refractivity contribution in [1.29, 1.82) is 0 Å². The molecule has 1 fully saturated rings. The summed E-state index contributed by atoms with van der Waals surface area (Å²) in [6.45, 7) is 7.06. The molecule has 5 heteroatoms. The summed E-state index contributed by atoms with van der Waals surface area (Å²) in [7, 11) is 0. The quantitative estimate of drug-likeness (QED) is 0.713. The number of hydrogen-bond acceptors (Lipinski definition) is 3. The third-order valence-corrected chi connectivity index (χ3v) is 5.55. The van der Waals surface area contributed by atoms with E-state index in [1.165, 1.54) is 0 Å². The minimum Gasteiger partial charge on any atom is -0.332 e.